The number of anilines is 1. The Morgan fingerprint density at radius 2 is 1.96 bits per heavy atom. The van der Waals surface area contributed by atoms with E-state index in [9.17, 15) is 22.8 Å². The molecule has 27 heavy (non-hydrogen) atoms. The van der Waals surface area contributed by atoms with E-state index in [2.05, 4.69) is 10.6 Å². The predicted molar refractivity (Wildman–Crippen MR) is 99.7 cm³/mol. The molecule has 0 aromatic heterocycles. The van der Waals surface area contributed by atoms with Crippen LogP contribution in [0.4, 0.5) is 10.5 Å². The van der Waals surface area contributed by atoms with Crippen LogP contribution in [0.5, 0.6) is 0 Å². The molecule has 1 saturated heterocycles. The Morgan fingerprint density at radius 3 is 2.63 bits per heavy atom. The number of nitrogens with zero attached hydrogens (tertiary/aromatic N) is 1. The second kappa shape index (κ2) is 8.08. The van der Waals surface area contributed by atoms with Crippen LogP contribution in [-0.2, 0) is 26.0 Å². The second-order valence-electron chi connectivity index (χ2n) is 6.91. The predicted octanol–water partition coefficient (Wildman–Crippen LogP) is 1.42. The lowest BCUT2D eigenvalue weighted by Gasteiger charge is -2.14. The van der Waals surface area contributed by atoms with Crippen molar-refractivity contribution in [1.29, 1.82) is 0 Å². The normalized spacial score (nSPS) is 18.0. The smallest absolute Gasteiger partial charge is 0.324 e. The molecular formula is C18H23N3O5S. The lowest BCUT2D eigenvalue weighted by Crippen LogP contribution is -2.30. The number of hydrogen-bond donors (Lipinski definition) is 2. The van der Waals surface area contributed by atoms with Crippen LogP contribution in [-0.4, -0.2) is 48.7 Å². The number of carbonyl (C=O) groups excluding carboxylic acids is 3. The van der Waals surface area contributed by atoms with Gasteiger partial charge in [0, 0.05) is 12.1 Å². The zero-order chi connectivity index (χ0) is 19.4. The van der Waals surface area contributed by atoms with Gasteiger partial charge in [-0.1, -0.05) is 25.0 Å². The fourth-order valence-electron chi connectivity index (χ4n) is 3.42. The topological polar surface area (TPSA) is 113 Å². The molecule has 1 aromatic carbocycles. The maximum absolute atomic E-state index is 12.2. The summed E-state index contributed by atoms with van der Waals surface area (Å²) in [7, 11) is -3.23. The van der Waals surface area contributed by atoms with Crippen LogP contribution in [0.1, 0.15) is 37.7 Å². The van der Waals surface area contributed by atoms with Gasteiger partial charge in [0.1, 0.15) is 0 Å². The Hall–Kier alpha value is -2.42. The summed E-state index contributed by atoms with van der Waals surface area (Å²) in [6, 6.07) is 6.37. The standard InChI is InChI=1S/C18H23N3O5S/c22-16(8-9-27(25,26)15-6-1-2-7-15)20-14-5-3-4-13(10-14)12-21-17(23)11-19-18(21)24/h3-5,10,15H,1-2,6-9,11-12H2,(H,19,24)(H,20,22). The van der Waals surface area contributed by atoms with Crippen LogP contribution in [0.2, 0.25) is 0 Å². The van der Waals surface area contributed by atoms with Crippen molar-refractivity contribution in [1.82, 2.24) is 10.2 Å². The van der Waals surface area contributed by atoms with Crippen LogP contribution in [0.15, 0.2) is 24.3 Å². The van der Waals surface area contributed by atoms with Gasteiger partial charge < -0.3 is 10.6 Å². The van der Waals surface area contributed by atoms with Crippen LogP contribution < -0.4 is 10.6 Å². The first-order valence-electron chi connectivity index (χ1n) is 9.04. The van der Waals surface area contributed by atoms with Crippen molar-refractivity contribution in [3.8, 4) is 0 Å². The zero-order valence-electron chi connectivity index (χ0n) is 14.9. The molecule has 8 nitrogen and oxygen atoms in total. The van der Waals surface area contributed by atoms with Crippen molar-refractivity contribution in [2.24, 2.45) is 0 Å². The van der Waals surface area contributed by atoms with Crippen molar-refractivity contribution in [3.63, 3.8) is 0 Å². The third-order valence-electron chi connectivity index (χ3n) is 4.91. The fraction of sp³-hybridized carbons (Fsp3) is 0.500. The van der Waals surface area contributed by atoms with E-state index in [0.29, 0.717) is 24.1 Å². The van der Waals surface area contributed by atoms with Crippen molar-refractivity contribution in [3.05, 3.63) is 29.8 Å². The van der Waals surface area contributed by atoms with Gasteiger partial charge in [0.15, 0.2) is 9.84 Å². The SMILES string of the molecule is O=C(CCS(=O)(=O)C1CCCC1)Nc1cccc(CN2C(=O)CNC2=O)c1. The van der Waals surface area contributed by atoms with E-state index in [-0.39, 0.29) is 42.3 Å². The highest BCUT2D eigenvalue weighted by Crippen LogP contribution is 2.25. The number of carbonyl (C=O) groups is 3. The molecule has 146 valence electrons. The number of sulfone groups is 1. The maximum Gasteiger partial charge on any atom is 0.324 e. The Kier molecular flexibility index (Phi) is 5.79. The number of imide groups is 1. The highest BCUT2D eigenvalue weighted by Gasteiger charge is 2.29. The van der Waals surface area contributed by atoms with Crippen LogP contribution in [0.3, 0.4) is 0 Å². The molecule has 2 aliphatic rings. The molecule has 4 amide bonds. The van der Waals surface area contributed by atoms with Gasteiger partial charge in [-0.25, -0.2) is 13.2 Å². The van der Waals surface area contributed by atoms with E-state index in [1.54, 1.807) is 24.3 Å². The Morgan fingerprint density at radius 1 is 1.22 bits per heavy atom. The van der Waals surface area contributed by atoms with Crippen molar-refractivity contribution < 1.29 is 22.8 Å². The molecule has 1 aliphatic heterocycles. The largest absolute Gasteiger partial charge is 0.329 e. The number of amides is 4. The minimum Gasteiger partial charge on any atom is -0.329 e. The number of nitrogens with one attached hydrogen (secondary N) is 2. The molecule has 2 fully saturated rings. The van der Waals surface area contributed by atoms with E-state index in [1.807, 2.05) is 0 Å². The summed E-state index contributed by atoms with van der Waals surface area (Å²) >= 11 is 0. The molecule has 2 N–H and O–H groups in total. The summed E-state index contributed by atoms with van der Waals surface area (Å²) in [5.41, 5.74) is 1.19. The molecule has 1 aliphatic carbocycles. The molecular weight excluding hydrogens is 370 g/mol. The fourth-order valence-corrected chi connectivity index (χ4v) is 5.27. The van der Waals surface area contributed by atoms with Gasteiger partial charge in [0.05, 0.1) is 24.1 Å². The van der Waals surface area contributed by atoms with Crippen LogP contribution in [0.25, 0.3) is 0 Å². The molecule has 0 bridgehead atoms. The second-order valence-corrected chi connectivity index (χ2v) is 9.31. The van der Waals surface area contributed by atoms with E-state index in [4.69, 9.17) is 0 Å². The summed E-state index contributed by atoms with van der Waals surface area (Å²) in [5.74, 6) is -0.818. The van der Waals surface area contributed by atoms with Crippen LogP contribution in [0, 0.1) is 0 Å². The molecule has 1 aromatic rings. The monoisotopic (exact) mass is 393 g/mol. The summed E-state index contributed by atoms with van der Waals surface area (Å²) in [4.78, 5) is 36.5. The molecule has 9 heteroatoms. The lowest BCUT2D eigenvalue weighted by molar-refractivity contribution is -0.125. The highest BCUT2D eigenvalue weighted by molar-refractivity contribution is 7.92. The Bertz CT molecular complexity index is 830. The van der Waals surface area contributed by atoms with Gasteiger partial charge in [0.2, 0.25) is 11.8 Å². The van der Waals surface area contributed by atoms with Crippen molar-refractivity contribution >= 4 is 33.4 Å². The van der Waals surface area contributed by atoms with Crippen LogP contribution >= 0.6 is 0 Å². The third-order valence-corrected chi connectivity index (χ3v) is 7.17. The molecule has 0 spiro atoms. The Balaban J connectivity index is 1.55. The molecule has 0 radical (unpaired) electrons. The van der Waals surface area contributed by atoms with Crippen molar-refractivity contribution in [2.75, 3.05) is 17.6 Å². The van der Waals surface area contributed by atoms with Gasteiger partial charge in [-0.2, -0.15) is 0 Å². The van der Waals surface area contributed by atoms with E-state index < -0.39 is 15.9 Å². The first kappa shape index (κ1) is 19.3. The average molecular weight is 393 g/mol. The van der Waals surface area contributed by atoms with Crippen molar-refractivity contribution in [2.45, 2.75) is 43.9 Å². The number of urea groups is 1. The van der Waals surface area contributed by atoms with Gasteiger partial charge in [-0.15, -0.1) is 0 Å². The minimum atomic E-state index is -3.23. The number of benzene rings is 1. The first-order valence-corrected chi connectivity index (χ1v) is 10.8. The number of hydrogen-bond acceptors (Lipinski definition) is 5. The van der Waals surface area contributed by atoms with Gasteiger partial charge in [-0.3, -0.25) is 14.5 Å². The summed E-state index contributed by atoms with van der Waals surface area (Å²) in [6.45, 7) is 0.106. The van der Waals surface area contributed by atoms with E-state index in [1.165, 1.54) is 0 Å². The minimum absolute atomic E-state index is 0.00920. The summed E-state index contributed by atoms with van der Waals surface area (Å²) in [6.07, 6.45) is 3.15. The quantitative estimate of drug-likeness (QED) is 0.681. The van der Waals surface area contributed by atoms with Gasteiger partial charge in [-0.05, 0) is 30.5 Å². The van der Waals surface area contributed by atoms with E-state index >= 15 is 0 Å². The maximum atomic E-state index is 12.2. The number of rotatable bonds is 7. The molecule has 1 saturated carbocycles. The highest BCUT2D eigenvalue weighted by atomic mass is 32.2. The Labute approximate surface area is 158 Å². The van der Waals surface area contributed by atoms with E-state index in [0.717, 1.165) is 17.7 Å². The average Bonchev–Trinajstić information content (AvgIpc) is 3.27. The molecule has 0 atom stereocenters. The van der Waals surface area contributed by atoms with Gasteiger partial charge >= 0.3 is 6.03 Å². The third kappa shape index (κ3) is 4.85. The summed E-state index contributed by atoms with van der Waals surface area (Å²) < 4.78 is 24.5. The zero-order valence-corrected chi connectivity index (χ0v) is 15.8. The summed E-state index contributed by atoms with van der Waals surface area (Å²) in [5, 5.41) is 4.83. The molecule has 0 unspecified atom stereocenters. The first-order chi connectivity index (χ1) is 12.8. The van der Waals surface area contributed by atoms with Gasteiger partial charge in [0.25, 0.3) is 0 Å². The molecule has 3 rings (SSSR count). The molecule has 1 heterocycles. The lowest BCUT2D eigenvalue weighted by atomic mass is 10.2.